The first-order chi connectivity index (χ1) is 18.6. The number of allylic oxidation sites excluding steroid dienone is 1. The molecule has 10 nitrogen and oxygen atoms in total. The third kappa shape index (κ3) is 5.85. The van der Waals surface area contributed by atoms with E-state index in [1.54, 1.807) is 36.5 Å². The third-order valence-electron chi connectivity index (χ3n) is 8.89. The third-order valence-corrected chi connectivity index (χ3v) is 8.89. The van der Waals surface area contributed by atoms with Crippen LogP contribution >= 0.6 is 0 Å². The molecule has 2 atom stereocenters. The van der Waals surface area contributed by atoms with Crippen LogP contribution in [0.25, 0.3) is 0 Å². The minimum absolute atomic E-state index is 0.0201. The van der Waals surface area contributed by atoms with Gasteiger partial charge in [0.1, 0.15) is 11.3 Å². The number of likely N-dealkylation sites (tertiary alicyclic amines) is 1. The first kappa shape index (κ1) is 27.3. The van der Waals surface area contributed by atoms with E-state index in [2.05, 4.69) is 41.3 Å². The van der Waals surface area contributed by atoms with Crippen LogP contribution in [0.3, 0.4) is 0 Å². The van der Waals surface area contributed by atoms with Crippen molar-refractivity contribution < 1.29 is 9.59 Å². The quantitative estimate of drug-likeness (QED) is 0.606. The molecule has 3 aliphatic rings. The SMILES string of the molecule is CC1=C(CCN2C[C@@H]3CC(=O)NCCN(C)C(=O)c4cccn(c4=O)Cc4cn(nn4)[C@@H]3C2)C(C)(C)CCC1. The van der Waals surface area contributed by atoms with Gasteiger partial charge in [-0.2, -0.15) is 0 Å². The van der Waals surface area contributed by atoms with Crippen LogP contribution in [-0.4, -0.2) is 80.9 Å². The van der Waals surface area contributed by atoms with Crippen LogP contribution < -0.4 is 10.9 Å². The number of hydrogen-bond acceptors (Lipinski definition) is 6. The highest BCUT2D eigenvalue weighted by Crippen LogP contribution is 2.42. The smallest absolute Gasteiger partial charge is 0.263 e. The van der Waals surface area contributed by atoms with Crippen molar-refractivity contribution in [3.05, 3.63) is 57.3 Å². The number of nitrogens with zero attached hydrogens (tertiary/aromatic N) is 6. The highest BCUT2D eigenvalue weighted by Gasteiger charge is 2.37. The Labute approximate surface area is 230 Å². The number of carbonyl (C=O) groups is 2. The van der Waals surface area contributed by atoms with Gasteiger partial charge in [0.05, 0.1) is 18.8 Å². The Balaban J connectivity index is 1.38. The van der Waals surface area contributed by atoms with Gasteiger partial charge in [-0.15, -0.1) is 5.10 Å². The Morgan fingerprint density at radius 2 is 2.00 bits per heavy atom. The lowest BCUT2D eigenvalue weighted by atomic mass is 9.71. The predicted molar refractivity (Wildman–Crippen MR) is 148 cm³/mol. The summed E-state index contributed by atoms with van der Waals surface area (Å²) in [6, 6.07) is 3.26. The van der Waals surface area contributed by atoms with Crippen LogP contribution in [0.2, 0.25) is 0 Å². The van der Waals surface area contributed by atoms with E-state index in [9.17, 15) is 14.4 Å². The number of carbonyl (C=O) groups excluding carboxylic acids is 2. The summed E-state index contributed by atoms with van der Waals surface area (Å²) in [5.41, 5.74) is 3.76. The van der Waals surface area contributed by atoms with E-state index < -0.39 is 0 Å². The molecule has 39 heavy (non-hydrogen) atoms. The zero-order valence-electron chi connectivity index (χ0n) is 23.7. The van der Waals surface area contributed by atoms with E-state index in [1.165, 1.54) is 28.7 Å². The summed E-state index contributed by atoms with van der Waals surface area (Å²) in [7, 11) is 1.65. The lowest BCUT2D eigenvalue weighted by molar-refractivity contribution is -0.122. The van der Waals surface area contributed by atoms with Crippen molar-refractivity contribution in [2.75, 3.05) is 39.8 Å². The topological polar surface area (TPSA) is 105 Å². The van der Waals surface area contributed by atoms with Crippen molar-refractivity contribution in [1.29, 1.82) is 0 Å². The molecule has 2 aromatic heterocycles. The molecule has 1 saturated heterocycles. The second kappa shape index (κ2) is 11.1. The second-order valence-corrected chi connectivity index (χ2v) is 12.2. The Bertz CT molecular complexity index is 1320. The van der Waals surface area contributed by atoms with Crippen LogP contribution in [0.4, 0.5) is 0 Å². The zero-order chi connectivity index (χ0) is 27.7. The maximum Gasteiger partial charge on any atom is 0.263 e. The Morgan fingerprint density at radius 3 is 2.79 bits per heavy atom. The fraction of sp³-hybridized carbons (Fsp3) is 0.621. The molecule has 0 spiro atoms. The van der Waals surface area contributed by atoms with Gasteiger partial charge in [0.25, 0.3) is 11.5 Å². The molecule has 210 valence electrons. The monoisotopic (exact) mass is 535 g/mol. The van der Waals surface area contributed by atoms with Crippen molar-refractivity contribution in [1.82, 2.24) is 34.7 Å². The van der Waals surface area contributed by atoms with Gasteiger partial charge in [0.15, 0.2) is 0 Å². The van der Waals surface area contributed by atoms with Gasteiger partial charge < -0.3 is 19.7 Å². The van der Waals surface area contributed by atoms with Crippen molar-refractivity contribution in [3.63, 3.8) is 0 Å². The van der Waals surface area contributed by atoms with Gasteiger partial charge in [0, 0.05) is 58.3 Å². The van der Waals surface area contributed by atoms with E-state index in [0.717, 1.165) is 26.1 Å². The van der Waals surface area contributed by atoms with Crippen LogP contribution in [0, 0.1) is 11.3 Å². The Kier molecular flexibility index (Phi) is 7.75. The molecule has 2 amide bonds. The molecule has 1 N–H and O–H groups in total. The molecule has 4 heterocycles. The van der Waals surface area contributed by atoms with E-state index in [1.807, 2.05) is 10.9 Å². The summed E-state index contributed by atoms with van der Waals surface area (Å²) in [4.78, 5) is 42.9. The molecule has 0 radical (unpaired) electrons. The first-order valence-electron chi connectivity index (χ1n) is 14.2. The fourth-order valence-electron chi connectivity index (χ4n) is 6.65. The van der Waals surface area contributed by atoms with Gasteiger partial charge in [-0.05, 0) is 50.2 Å². The molecule has 1 aliphatic carbocycles. The minimum Gasteiger partial charge on any atom is -0.354 e. The summed E-state index contributed by atoms with van der Waals surface area (Å²) < 4.78 is 3.38. The highest BCUT2D eigenvalue weighted by atomic mass is 16.2. The molecule has 5 rings (SSSR count). The molecule has 0 aromatic carbocycles. The molecule has 4 bridgehead atoms. The average Bonchev–Trinajstić information content (AvgIpc) is 3.50. The number of pyridine rings is 1. The van der Waals surface area contributed by atoms with Crippen molar-refractivity contribution >= 4 is 11.8 Å². The number of amides is 2. The standard InChI is InChI=1S/C29H41N7O3/c1-20-7-5-10-29(2,3)24(20)9-13-34-16-21-15-26(37)30-11-14-33(4)27(38)23-8-6-12-35(28(23)39)17-22-18-36(32-31-22)25(21)19-34/h6,8,12,18,21,25H,5,7,9-11,13-17,19H2,1-4H3,(H,30,37)/t21-,25+/m0/s1. The lowest BCUT2D eigenvalue weighted by Gasteiger charge is -2.35. The van der Waals surface area contributed by atoms with Gasteiger partial charge in [0.2, 0.25) is 5.91 Å². The van der Waals surface area contributed by atoms with Crippen molar-refractivity contribution in [2.24, 2.45) is 11.3 Å². The summed E-state index contributed by atoms with van der Waals surface area (Å²) in [6.07, 6.45) is 8.69. The molecular weight excluding hydrogens is 494 g/mol. The molecule has 0 unspecified atom stereocenters. The van der Waals surface area contributed by atoms with Gasteiger partial charge >= 0.3 is 0 Å². The molecule has 1 fully saturated rings. The van der Waals surface area contributed by atoms with E-state index >= 15 is 0 Å². The van der Waals surface area contributed by atoms with E-state index in [0.29, 0.717) is 25.2 Å². The van der Waals surface area contributed by atoms with Gasteiger partial charge in [-0.1, -0.05) is 30.2 Å². The largest absolute Gasteiger partial charge is 0.354 e. The van der Waals surface area contributed by atoms with Crippen LogP contribution in [0.15, 0.2) is 40.5 Å². The molecule has 2 aliphatic heterocycles. The molecular formula is C29H41N7O3. The predicted octanol–water partition coefficient (Wildman–Crippen LogP) is 2.47. The minimum atomic E-state index is -0.364. The maximum absolute atomic E-state index is 13.1. The number of nitrogens with one attached hydrogen (secondary N) is 1. The van der Waals surface area contributed by atoms with E-state index in [-0.39, 0.29) is 46.9 Å². The summed E-state index contributed by atoms with van der Waals surface area (Å²) in [5, 5.41) is 11.8. The molecule has 0 saturated carbocycles. The van der Waals surface area contributed by atoms with Crippen LogP contribution in [0.5, 0.6) is 0 Å². The number of likely N-dealkylation sites (N-methyl/N-ethyl adjacent to an activating group) is 1. The Morgan fingerprint density at radius 1 is 1.18 bits per heavy atom. The van der Waals surface area contributed by atoms with Gasteiger partial charge in [-0.3, -0.25) is 14.4 Å². The van der Waals surface area contributed by atoms with Gasteiger partial charge in [-0.25, -0.2) is 4.68 Å². The summed E-state index contributed by atoms with van der Waals surface area (Å²) in [6.45, 7) is 10.5. The zero-order valence-corrected chi connectivity index (χ0v) is 23.7. The van der Waals surface area contributed by atoms with Crippen LogP contribution in [-0.2, 0) is 11.3 Å². The number of fused-ring (bicyclic) bond motifs is 6. The summed E-state index contributed by atoms with van der Waals surface area (Å²) >= 11 is 0. The number of aromatic nitrogens is 4. The molecule has 2 aromatic rings. The highest BCUT2D eigenvalue weighted by molar-refractivity contribution is 5.93. The number of rotatable bonds is 3. The lowest BCUT2D eigenvalue weighted by Crippen LogP contribution is -2.39. The Hall–Kier alpha value is -3.27. The van der Waals surface area contributed by atoms with Crippen molar-refractivity contribution in [3.8, 4) is 0 Å². The second-order valence-electron chi connectivity index (χ2n) is 12.2. The normalized spacial score (nSPS) is 24.6. The van der Waals surface area contributed by atoms with E-state index in [4.69, 9.17) is 0 Å². The first-order valence-corrected chi connectivity index (χ1v) is 14.2. The van der Waals surface area contributed by atoms with Crippen molar-refractivity contribution in [2.45, 2.75) is 65.5 Å². The maximum atomic E-state index is 13.1. The average molecular weight is 536 g/mol. The fourth-order valence-corrected chi connectivity index (χ4v) is 6.65. The summed E-state index contributed by atoms with van der Waals surface area (Å²) in [5.74, 6) is -0.307. The van der Waals surface area contributed by atoms with Crippen LogP contribution in [0.1, 0.15) is 75.0 Å². The number of hydrogen-bond donors (Lipinski definition) is 1. The molecule has 10 heteroatoms.